The van der Waals surface area contributed by atoms with Gasteiger partial charge >= 0.3 is 0 Å². The lowest BCUT2D eigenvalue weighted by atomic mass is 9.96. The van der Waals surface area contributed by atoms with E-state index in [0.717, 1.165) is 0 Å². The van der Waals surface area contributed by atoms with Crippen LogP contribution in [-0.4, -0.2) is 62.2 Å². The lowest BCUT2D eigenvalue weighted by Crippen LogP contribution is -2.50. The summed E-state index contributed by atoms with van der Waals surface area (Å²) in [7, 11) is 4.29. The van der Waals surface area contributed by atoms with Crippen LogP contribution in [0.1, 0.15) is 12.8 Å². The maximum absolute atomic E-state index is 3.39. The van der Waals surface area contributed by atoms with Gasteiger partial charge in [-0.2, -0.15) is 0 Å². The van der Waals surface area contributed by atoms with Crippen molar-refractivity contribution in [3.63, 3.8) is 0 Å². The SMILES string of the molecule is CN[C@H]1CC=C[C@@H](N2CCN(C)CC2)C1. The van der Waals surface area contributed by atoms with Gasteiger partial charge in [-0.3, -0.25) is 4.90 Å². The van der Waals surface area contributed by atoms with Gasteiger partial charge in [-0.1, -0.05) is 12.2 Å². The standard InChI is InChI=1S/C12H23N3/c1-13-11-4-3-5-12(10-11)15-8-6-14(2)7-9-15/h3,5,11-13H,4,6-10H2,1-2H3/t11-,12+/m0/s1. The van der Waals surface area contributed by atoms with E-state index in [1.54, 1.807) is 0 Å². The fourth-order valence-electron chi connectivity index (χ4n) is 2.53. The molecule has 0 aromatic rings. The van der Waals surface area contributed by atoms with Crippen molar-refractivity contribution in [2.24, 2.45) is 0 Å². The number of piperazine rings is 1. The zero-order chi connectivity index (χ0) is 10.7. The van der Waals surface area contributed by atoms with E-state index in [9.17, 15) is 0 Å². The van der Waals surface area contributed by atoms with E-state index in [1.165, 1.54) is 39.0 Å². The number of hydrogen-bond acceptors (Lipinski definition) is 3. The largest absolute Gasteiger partial charge is 0.317 e. The van der Waals surface area contributed by atoms with Crippen molar-refractivity contribution in [3.05, 3.63) is 12.2 Å². The number of nitrogens with one attached hydrogen (secondary N) is 1. The van der Waals surface area contributed by atoms with Crippen LogP contribution in [0.3, 0.4) is 0 Å². The molecular weight excluding hydrogens is 186 g/mol. The van der Waals surface area contributed by atoms with Gasteiger partial charge in [-0.25, -0.2) is 0 Å². The molecule has 1 saturated heterocycles. The zero-order valence-electron chi connectivity index (χ0n) is 9.95. The van der Waals surface area contributed by atoms with E-state index in [4.69, 9.17) is 0 Å². The van der Waals surface area contributed by atoms with Gasteiger partial charge in [0.1, 0.15) is 0 Å². The highest BCUT2D eigenvalue weighted by Crippen LogP contribution is 2.18. The minimum atomic E-state index is 0.671. The third-order valence-electron chi connectivity index (χ3n) is 3.72. The molecule has 1 N–H and O–H groups in total. The molecule has 1 heterocycles. The summed E-state index contributed by atoms with van der Waals surface area (Å²) in [4.78, 5) is 5.04. The Kier molecular flexibility index (Phi) is 3.78. The molecule has 15 heavy (non-hydrogen) atoms. The lowest BCUT2D eigenvalue weighted by Gasteiger charge is -2.39. The van der Waals surface area contributed by atoms with Crippen LogP contribution < -0.4 is 5.32 Å². The molecule has 3 nitrogen and oxygen atoms in total. The second-order valence-corrected chi connectivity index (χ2v) is 4.79. The molecular formula is C12H23N3. The quantitative estimate of drug-likeness (QED) is 0.670. The van der Waals surface area contributed by atoms with Crippen LogP contribution >= 0.6 is 0 Å². The molecule has 0 bridgehead atoms. The molecule has 0 spiro atoms. The fraction of sp³-hybridized carbons (Fsp3) is 0.833. The first-order valence-electron chi connectivity index (χ1n) is 6.06. The minimum Gasteiger partial charge on any atom is -0.317 e. The first-order valence-corrected chi connectivity index (χ1v) is 6.06. The molecule has 0 radical (unpaired) electrons. The average Bonchev–Trinajstić information content (AvgIpc) is 2.30. The van der Waals surface area contributed by atoms with Gasteiger partial charge in [0, 0.05) is 38.3 Å². The Morgan fingerprint density at radius 2 is 1.93 bits per heavy atom. The van der Waals surface area contributed by atoms with Gasteiger partial charge in [-0.15, -0.1) is 0 Å². The second-order valence-electron chi connectivity index (χ2n) is 4.79. The number of likely N-dealkylation sites (N-methyl/N-ethyl adjacent to an activating group) is 1. The molecule has 1 aliphatic carbocycles. The van der Waals surface area contributed by atoms with Crippen LogP contribution in [0.5, 0.6) is 0 Å². The van der Waals surface area contributed by atoms with Crippen molar-refractivity contribution >= 4 is 0 Å². The molecule has 0 aromatic carbocycles. The molecule has 86 valence electrons. The zero-order valence-corrected chi connectivity index (χ0v) is 9.95. The molecule has 0 saturated carbocycles. The highest BCUT2D eigenvalue weighted by molar-refractivity contribution is 5.03. The summed E-state index contributed by atoms with van der Waals surface area (Å²) in [5.41, 5.74) is 0. The molecule has 2 aliphatic rings. The van der Waals surface area contributed by atoms with Crippen molar-refractivity contribution in [2.45, 2.75) is 24.9 Å². The van der Waals surface area contributed by atoms with Gasteiger partial charge < -0.3 is 10.2 Å². The van der Waals surface area contributed by atoms with Crippen molar-refractivity contribution < 1.29 is 0 Å². The first-order chi connectivity index (χ1) is 7.29. The summed E-state index contributed by atoms with van der Waals surface area (Å²) in [6.45, 7) is 4.88. The predicted octanol–water partition coefficient (Wildman–Crippen LogP) is 0.540. The molecule has 2 atom stereocenters. The predicted molar refractivity (Wildman–Crippen MR) is 64.1 cm³/mol. The summed E-state index contributed by atoms with van der Waals surface area (Å²) in [5.74, 6) is 0. The Bertz CT molecular complexity index is 219. The summed E-state index contributed by atoms with van der Waals surface area (Å²) in [5, 5.41) is 3.39. The van der Waals surface area contributed by atoms with Crippen LogP contribution in [0.15, 0.2) is 12.2 Å². The monoisotopic (exact) mass is 209 g/mol. The summed E-state index contributed by atoms with van der Waals surface area (Å²) < 4.78 is 0. The van der Waals surface area contributed by atoms with Gasteiger partial charge in [0.25, 0.3) is 0 Å². The Morgan fingerprint density at radius 3 is 2.60 bits per heavy atom. The number of hydrogen-bond donors (Lipinski definition) is 1. The lowest BCUT2D eigenvalue weighted by molar-refractivity contribution is 0.119. The Hall–Kier alpha value is -0.380. The molecule has 3 heteroatoms. The maximum Gasteiger partial charge on any atom is 0.0294 e. The molecule has 0 amide bonds. The number of nitrogens with zero attached hydrogens (tertiary/aromatic N) is 2. The first kappa shape index (κ1) is 11.1. The van der Waals surface area contributed by atoms with Gasteiger partial charge in [0.15, 0.2) is 0 Å². The van der Waals surface area contributed by atoms with E-state index >= 15 is 0 Å². The molecule has 0 aromatic heterocycles. The van der Waals surface area contributed by atoms with Crippen LogP contribution in [0.2, 0.25) is 0 Å². The molecule has 1 aliphatic heterocycles. The summed E-state index contributed by atoms with van der Waals surface area (Å²) in [6.07, 6.45) is 7.21. The third-order valence-corrected chi connectivity index (χ3v) is 3.72. The molecule has 1 fully saturated rings. The van der Waals surface area contributed by atoms with Crippen molar-refractivity contribution in [1.29, 1.82) is 0 Å². The van der Waals surface area contributed by atoms with E-state index in [2.05, 4.69) is 41.4 Å². The minimum absolute atomic E-state index is 0.671. The topological polar surface area (TPSA) is 18.5 Å². The molecule has 0 unspecified atom stereocenters. The smallest absolute Gasteiger partial charge is 0.0294 e. The average molecular weight is 209 g/mol. The second kappa shape index (κ2) is 5.10. The van der Waals surface area contributed by atoms with Crippen LogP contribution in [0.25, 0.3) is 0 Å². The van der Waals surface area contributed by atoms with E-state index in [0.29, 0.717) is 12.1 Å². The fourth-order valence-corrected chi connectivity index (χ4v) is 2.53. The van der Waals surface area contributed by atoms with Crippen molar-refractivity contribution in [3.8, 4) is 0 Å². The van der Waals surface area contributed by atoms with E-state index in [1.807, 2.05) is 0 Å². The molecule has 2 rings (SSSR count). The highest BCUT2D eigenvalue weighted by Gasteiger charge is 2.24. The van der Waals surface area contributed by atoms with E-state index in [-0.39, 0.29) is 0 Å². The Labute approximate surface area is 93.1 Å². The van der Waals surface area contributed by atoms with E-state index < -0.39 is 0 Å². The van der Waals surface area contributed by atoms with Crippen LogP contribution in [0.4, 0.5) is 0 Å². The van der Waals surface area contributed by atoms with Crippen molar-refractivity contribution in [1.82, 2.24) is 15.1 Å². The normalized spacial score (nSPS) is 34.5. The number of rotatable bonds is 2. The van der Waals surface area contributed by atoms with Gasteiger partial charge in [0.05, 0.1) is 0 Å². The third kappa shape index (κ3) is 2.80. The van der Waals surface area contributed by atoms with Gasteiger partial charge in [0.2, 0.25) is 0 Å². The van der Waals surface area contributed by atoms with Gasteiger partial charge in [-0.05, 0) is 26.9 Å². The highest BCUT2D eigenvalue weighted by atomic mass is 15.3. The summed E-state index contributed by atoms with van der Waals surface area (Å²) >= 11 is 0. The summed E-state index contributed by atoms with van der Waals surface area (Å²) in [6, 6.07) is 1.35. The van der Waals surface area contributed by atoms with Crippen LogP contribution in [-0.2, 0) is 0 Å². The maximum atomic E-state index is 3.39. The Morgan fingerprint density at radius 1 is 1.20 bits per heavy atom. The Balaban J connectivity index is 1.88. The van der Waals surface area contributed by atoms with Crippen molar-refractivity contribution in [2.75, 3.05) is 40.3 Å². The van der Waals surface area contributed by atoms with Crippen LogP contribution in [0, 0.1) is 0 Å².